The normalized spacial score (nSPS) is 10.4. The van der Waals surface area contributed by atoms with E-state index < -0.39 is 0 Å². The molecule has 0 aliphatic heterocycles. The van der Waals surface area contributed by atoms with E-state index in [1.807, 2.05) is 31.3 Å². The Morgan fingerprint density at radius 1 is 1.24 bits per heavy atom. The minimum atomic E-state index is -0.0239. The predicted molar refractivity (Wildman–Crippen MR) is 86.0 cm³/mol. The molecular formula is C16H21N3O2. The average molecular weight is 287 g/mol. The number of para-hydroxylation sites is 2. The molecule has 5 nitrogen and oxygen atoms in total. The van der Waals surface area contributed by atoms with Crippen LogP contribution in [0.15, 0.2) is 47.4 Å². The first kappa shape index (κ1) is 15.0. The molecule has 0 amide bonds. The highest BCUT2D eigenvalue weighted by Crippen LogP contribution is 2.26. The van der Waals surface area contributed by atoms with Crippen LogP contribution in [0.5, 0.6) is 5.75 Å². The molecule has 0 radical (unpaired) electrons. The van der Waals surface area contributed by atoms with Crippen molar-refractivity contribution in [2.24, 2.45) is 0 Å². The van der Waals surface area contributed by atoms with Crippen LogP contribution in [0.3, 0.4) is 0 Å². The van der Waals surface area contributed by atoms with Crippen LogP contribution in [0, 0.1) is 0 Å². The van der Waals surface area contributed by atoms with Gasteiger partial charge in [0.2, 0.25) is 0 Å². The molecule has 2 N–H and O–H groups in total. The molecule has 0 aliphatic carbocycles. The van der Waals surface area contributed by atoms with Gasteiger partial charge in [0.05, 0.1) is 12.8 Å². The number of ether oxygens (including phenoxy) is 1. The average Bonchev–Trinajstić information content (AvgIpc) is 2.50. The standard InChI is InChI=1S/C16H21N3O2/c1-18(14-6-3-4-7-15(14)21-2)10-5-11-19-12-13(17)8-9-16(19)20/h3-4,6-9,12H,5,10-11,17H2,1-2H3. The zero-order chi connectivity index (χ0) is 15.2. The maximum atomic E-state index is 11.7. The molecule has 0 saturated carbocycles. The van der Waals surface area contributed by atoms with E-state index in [1.54, 1.807) is 23.9 Å². The summed E-state index contributed by atoms with van der Waals surface area (Å²) in [5.74, 6) is 0.848. The van der Waals surface area contributed by atoms with Crippen molar-refractivity contribution in [3.63, 3.8) is 0 Å². The van der Waals surface area contributed by atoms with Crippen molar-refractivity contribution in [3.8, 4) is 5.75 Å². The van der Waals surface area contributed by atoms with Crippen molar-refractivity contribution in [2.75, 3.05) is 31.3 Å². The minimum absolute atomic E-state index is 0.0239. The molecule has 112 valence electrons. The molecule has 2 rings (SSSR count). The van der Waals surface area contributed by atoms with Crippen molar-refractivity contribution in [2.45, 2.75) is 13.0 Å². The van der Waals surface area contributed by atoms with E-state index in [0.717, 1.165) is 24.4 Å². The second kappa shape index (κ2) is 6.83. The van der Waals surface area contributed by atoms with Gasteiger partial charge in [-0.25, -0.2) is 0 Å². The molecule has 0 aliphatic rings. The Balaban J connectivity index is 1.97. The molecular weight excluding hydrogens is 266 g/mol. The van der Waals surface area contributed by atoms with Gasteiger partial charge in [-0.2, -0.15) is 0 Å². The summed E-state index contributed by atoms with van der Waals surface area (Å²) in [6.45, 7) is 1.46. The topological polar surface area (TPSA) is 60.5 Å². The van der Waals surface area contributed by atoms with Crippen molar-refractivity contribution in [1.29, 1.82) is 0 Å². The van der Waals surface area contributed by atoms with Crippen molar-refractivity contribution < 1.29 is 4.74 Å². The first-order chi connectivity index (χ1) is 10.1. The van der Waals surface area contributed by atoms with E-state index in [2.05, 4.69) is 4.90 Å². The molecule has 21 heavy (non-hydrogen) atoms. The van der Waals surface area contributed by atoms with Gasteiger partial charge in [-0.15, -0.1) is 0 Å². The van der Waals surface area contributed by atoms with E-state index in [4.69, 9.17) is 10.5 Å². The molecule has 0 atom stereocenters. The van der Waals surface area contributed by atoms with Crippen LogP contribution >= 0.6 is 0 Å². The van der Waals surface area contributed by atoms with Crippen LogP contribution in [0.25, 0.3) is 0 Å². The third-order valence-electron chi connectivity index (χ3n) is 3.40. The summed E-state index contributed by atoms with van der Waals surface area (Å²) >= 11 is 0. The summed E-state index contributed by atoms with van der Waals surface area (Å²) in [5, 5.41) is 0. The van der Waals surface area contributed by atoms with E-state index >= 15 is 0 Å². The lowest BCUT2D eigenvalue weighted by Crippen LogP contribution is -2.24. The monoisotopic (exact) mass is 287 g/mol. The Kier molecular flexibility index (Phi) is 4.87. The number of hydrogen-bond donors (Lipinski definition) is 1. The van der Waals surface area contributed by atoms with Crippen LogP contribution < -0.4 is 20.9 Å². The second-order valence-electron chi connectivity index (χ2n) is 4.94. The zero-order valence-corrected chi connectivity index (χ0v) is 12.5. The van der Waals surface area contributed by atoms with Gasteiger partial charge in [0.25, 0.3) is 5.56 Å². The Labute approximate surface area is 124 Å². The number of benzene rings is 1. The first-order valence-electron chi connectivity index (χ1n) is 6.92. The number of pyridine rings is 1. The highest BCUT2D eigenvalue weighted by molar-refractivity contribution is 5.57. The van der Waals surface area contributed by atoms with Gasteiger partial charge in [0.1, 0.15) is 5.75 Å². The Morgan fingerprint density at radius 3 is 2.76 bits per heavy atom. The summed E-state index contributed by atoms with van der Waals surface area (Å²) in [5.41, 5.74) is 7.32. The summed E-state index contributed by atoms with van der Waals surface area (Å²) < 4.78 is 7.00. The third-order valence-corrected chi connectivity index (χ3v) is 3.40. The van der Waals surface area contributed by atoms with Crippen LogP contribution in [0.4, 0.5) is 11.4 Å². The van der Waals surface area contributed by atoms with Crippen molar-refractivity contribution >= 4 is 11.4 Å². The molecule has 0 bridgehead atoms. The van der Waals surface area contributed by atoms with Gasteiger partial charge < -0.3 is 19.9 Å². The lowest BCUT2D eigenvalue weighted by molar-refractivity contribution is 0.414. The van der Waals surface area contributed by atoms with Gasteiger partial charge >= 0.3 is 0 Å². The van der Waals surface area contributed by atoms with Crippen molar-refractivity contribution in [1.82, 2.24) is 4.57 Å². The molecule has 2 aromatic rings. The number of rotatable bonds is 6. The fourth-order valence-corrected chi connectivity index (χ4v) is 2.27. The van der Waals surface area contributed by atoms with Crippen LogP contribution in [0.1, 0.15) is 6.42 Å². The largest absolute Gasteiger partial charge is 0.495 e. The van der Waals surface area contributed by atoms with Gasteiger partial charge in [-0.3, -0.25) is 4.79 Å². The van der Waals surface area contributed by atoms with Crippen LogP contribution in [-0.4, -0.2) is 25.3 Å². The molecule has 1 aromatic carbocycles. The van der Waals surface area contributed by atoms with E-state index in [9.17, 15) is 4.79 Å². The summed E-state index contributed by atoms with van der Waals surface area (Å²) in [6, 6.07) is 11.0. The maximum Gasteiger partial charge on any atom is 0.250 e. The second-order valence-corrected chi connectivity index (χ2v) is 4.94. The maximum absolute atomic E-state index is 11.7. The minimum Gasteiger partial charge on any atom is -0.495 e. The highest BCUT2D eigenvalue weighted by atomic mass is 16.5. The number of nitrogen functional groups attached to an aromatic ring is 1. The molecule has 5 heteroatoms. The summed E-state index contributed by atoms with van der Waals surface area (Å²) in [6.07, 6.45) is 2.53. The Bertz CT molecular complexity index is 652. The Hall–Kier alpha value is -2.43. The first-order valence-corrected chi connectivity index (χ1v) is 6.92. The number of nitrogens with two attached hydrogens (primary N) is 1. The smallest absolute Gasteiger partial charge is 0.250 e. The molecule has 1 heterocycles. The van der Waals surface area contributed by atoms with Crippen LogP contribution in [0.2, 0.25) is 0 Å². The van der Waals surface area contributed by atoms with E-state index in [-0.39, 0.29) is 5.56 Å². The van der Waals surface area contributed by atoms with Gasteiger partial charge in [-0.1, -0.05) is 12.1 Å². The predicted octanol–water partition coefficient (Wildman–Crippen LogP) is 1.97. The zero-order valence-electron chi connectivity index (χ0n) is 12.5. The van der Waals surface area contributed by atoms with Gasteiger partial charge in [-0.05, 0) is 24.6 Å². The van der Waals surface area contributed by atoms with Gasteiger partial charge in [0, 0.05) is 38.1 Å². The fraction of sp³-hybridized carbons (Fsp3) is 0.312. The number of aryl methyl sites for hydroxylation is 1. The molecule has 0 unspecified atom stereocenters. The lowest BCUT2D eigenvalue weighted by Gasteiger charge is -2.21. The number of aromatic nitrogens is 1. The lowest BCUT2D eigenvalue weighted by atomic mass is 10.2. The van der Waals surface area contributed by atoms with Crippen LogP contribution in [-0.2, 0) is 6.54 Å². The summed E-state index contributed by atoms with van der Waals surface area (Å²) in [7, 11) is 3.68. The molecule has 0 spiro atoms. The molecule has 0 saturated heterocycles. The van der Waals surface area contributed by atoms with Gasteiger partial charge in [0.15, 0.2) is 0 Å². The quantitative estimate of drug-likeness (QED) is 0.882. The molecule has 1 aromatic heterocycles. The number of methoxy groups -OCH3 is 1. The van der Waals surface area contributed by atoms with Crippen molar-refractivity contribution in [3.05, 3.63) is 52.9 Å². The van der Waals surface area contributed by atoms with E-state index in [1.165, 1.54) is 6.07 Å². The SMILES string of the molecule is COc1ccccc1N(C)CCCn1cc(N)ccc1=O. The van der Waals surface area contributed by atoms with E-state index in [0.29, 0.717) is 12.2 Å². The fourth-order valence-electron chi connectivity index (χ4n) is 2.27. The number of nitrogens with zero attached hydrogens (tertiary/aromatic N) is 2. The number of anilines is 2. The third kappa shape index (κ3) is 3.78. The highest BCUT2D eigenvalue weighted by Gasteiger charge is 2.07. The molecule has 0 fully saturated rings. The Morgan fingerprint density at radius 2 is 2.00 bits per heavy atom. The number of hydrogen-bond acceptors (Lipinski definition) is 4. The summed E-state index contributed by atoms with van der Waals surface area (Å²) in [4.78, 5) is 13.8.